The monoisotopic (exact) mass is 480 g/mol. The molecule has 0 aromatic rings. The van der Waals surface area contributed by atoms with E-state index in [0.29, 0.717) is 37.0 Å². The average molecular weight is 481 g/mol. The van der Waals surface area contributed by atoms with Gasteiger partial charge in [0.15, 0.2) is 0 Å². The van der Waals surface area contributed by atoms with Crippen LogP contribution in [-0.2, 0) is 9.53 Å². The molecule has 0 radical (unpaired) electrons. The van der Waals surface area contributed by atoms with Gasteiger partial charge in [0.05, 0.1) is 24.4 Å². The van der Waals surface area contributed by atoms with Gasteiger partial charge in [0.2, 0.25) is 0 Å². The van der Waals surface area contributed by atoms with Gasteiger partial charge >= 0.3 is 5.97 Å². The van der Waals surface area contributed by atoms with E-state index in [4.69, 9.17) is 4.74 Å². The van der Waals surface area contributed by atoms with Crippen LogP contribution in [0.25, 0.3) is 0 Å². The highest BCUT2D eigenvalue weighted by Crippen LogP contribution is 2.66. The molecule has 1 heterocycles. The van der Waals surface area contributed by atoms with Crippen LogP contribution < -0.4 is 0 Å². The third-order valence-corrected chi connectivity index (χ3v) is 11.4. The van der Waals surface area contributed by atoms with E-state index in [-0.39, 0.29) is 46.6 Å². The molecule has 0 amide bonds. The van der Waals surface area contributed by atoms with E-state index >= 15 is 0 Å². The number of rotatable bonds is 5. The lowest BCUT2D eigenvalue weighted by Crippen LogP contribution is -2.55. The fourth-order valence-electron chi connectivity index (χ4n) is 8.89. The fraction of sp³-hybridized carbons (Fsp3) is 0.964. The standard InChI is InChI=1S/C28H48O6/c1-14(2)15(3)25(32)26(33)16(4)18-7-8-19-17-11-24(31)34-23-12-21(29)22(30)13-28(23,6)20(17)9-10-27(18,19)5/h14-23,25-26,29-30,32-33H,7-13H2,1-6H3/t15-,16-,17-,18+,19-,20-,21-,22+,23-,25+,26+,27+,28+/m0/s1. The summed E-state index contributed by atoms with van der Waals surface area (Å²) in [5.74, 6) is 1.26. The van der Waals surface area contributed by atoms with E-state index in [1.54, 1.807) is 0 Å². The van der Waals surface area contributed by atoms with E-state index in [9.17, 15) is 25.2 Å². The van der Waals surface area contributed by atoms with Gasteiger partial charge in [-0.3, -0.25) is 4.79 Å². The Balaban J connectivity index is 1.58. The van der Waals surface area contributed by atoms with E-state index in [1.165, 1.54) is 0 Å². The number of carbonyl (C=O) groups is 1. The molecule has 4 N–H and O–H groups in total. The van der Waals surface area contributed by atoms with Gasteiger partial charge in [-0.2, -0.15) is 0 Å². The zero-order valence-electron chi connectivity index (χ0n) is 22.0. The Hall–Kier alpha value is -0.690. The summed E-state index contributed by atoms with van der Waals surface area (Å²) in [6.07, 6.45) is 1.74. The Morgan fingerprint density at radius 3 is 2.21 bits per heavy atom. The first-order valence-corrected chi connectivity index (χ1v) is 13.7. The summed E-state index contributed by atoms with van der Waals surface area (Å²) in [4.78, 5) is 12.9. The minimum atomic E-state index is -0.839. The molecule has 0 spiro atoms. The minimum absolute atomic E-state index is 0.00558. The van der Waals surface area contributed by atoms with E-state index in [2.05, 4.69) is 34.6 Å². The molecule has 13 atom stereocenters. The first kappa shape index (κ1) is 26.4. The minimum Gasteiger partial charge on any atom is -0.462 e. The van der Waals surface area contributed by atoms with Crippen molar-refractivity contribution in [2.24, 2.45) is 52.3 Å². The predicted molar refractivity (Wildman–Crippen MR) is 130 cm³/mol. The molecule has 34 heavy (non-hydrogen) atoms. The molecule has 4 aliphatic rings. The number of aliphatic hydroxyl groups excluding tert-OH is 4. The van der Waals surface area contributed by atoms with Gasteiger partial charge in [0.1, 0.15) is 6.10 Å². The molecule has 4 rings (SSSR count). The van der Waals surface area contributed by atoms with Crippen LogP contribution in [-0.4, -0.2) is 56.9 Å². The molecule has 1 aliphatic heterocycles. The smallest absolute Gasteiger partial charge is 0.306 e. The average Bonchev–Trinajstić information content (AvgIpc) is 3.07. The van der Waals surface area contributed by atoms with E-state index < -0.39 is 24.4 Å². The number of hydrogen-bond acceptors (Lipinski definition) is 6. The SMILES string of the molecule is CC(C)[C@H](C)[C@@H](O)[C@H](O)[C@@H](C)[C@H]1CC[C@H]2[C@@H]3CC(=O)O[C@H]4C[C@H](O)[C@H](O)C[C@]4(C)[C@H]3CC[C@]12C. The molecule has 6 nitrogen and oxygen atoms in total. The highest BCUT2D eigenvalue weighted by Gasteiger charge is 2.62. The van der Waals surface area contributed by atoms with Crippen LogP contribution in [0, 0.1) is 52.3 Å². The van der Waals surface area contributed by atoms with Crippen molar-refractivity contribution in [3.8, 4) is 0 Å². The van der Waals surface area contributed by atoms with Crippen molar-refractivity contribution in [3.05, 3.63) is 0 Å². The Morgan fingerprint density at radius 1 is 0.912 bits per heavy atom. The maximum atomic E-state index is 12.9. The quantitative estimate of drug-likeness (QED) is 0.449. The Kier molecular flexibility index (Phi) is 7.23. The Bertz CT molecular complexity index is 755. The zero-order chi connectivity index (χ0) is 25.2. The van der Waals surface area contributed by atoms with Crippen molar-refractivity contribution in [2.45, 2.75) is 117 Å². The number of ether oxygens (including phenoxy) is 1. The van der Waals surface area contributed by atoms with Crippen molar-refractivity contribution in [1.29, 1.82) is 0 Å². The molecule has 3 aliphatic carbocycles. The second-order valence-corrected chi connectivity index (χ2v) is 13.3. The molecule has 1 saturated heterocycles. The van der Waals surface area contributed by atoms with Crippen molar-refractivity contribution in [3.63, 3.8) is 0 Å². The third-order valence-electron chi connectivity index (χ3n) is 11.4. The maximum absolute atomic E-state index is 12.9. The maximum Gasteiger partial charge on any atom is 0.306 e. The molecule has 6 heteroatoms. The molecule has 196 valence electrons. The molecule has 0 aromatic carbocycles. The van der Waals surface area contributed by atoms with Gasteiger partial charge < -0.3 is 25.2 Å². The van der Waals surface area contributed by atoms with Crippen molar-refractivity contribution in [1.82, 2.24) is 0 Å². The fourth-order valence-corrected chi connectivity index (χ4v) is 8.89. The zero-order valence-corrected chi connectivity index (χ0v) is 22.0. The molecular weight excluding hydrogens is 432 g/mol. The molecule has 3 saturated carbocycles. The summed E-state index contributed by atoms with van der Waals surface area (Å²) in [6, 6.07) is 0. The molecule has 0 unspecified atom stereocenters. The summed E-state index contributed by atoms with van der Waals surface area (Å²) >= 11 is 0. The summed E-state index contributed by atoms with van der Waals surface area (Å²) in [6.45, 7) is 12.8. The van der Waals surface area contributed by atoms with Crippen LogP contribution in [0.2, 0.25) is 0 Å². The van der Waals surface area contributed by atoms with Gasteiger partial charge in [-0.05, 0) is 78.9 Å². The van der Waals surface area contributed by atoms with E-state index in [0.717, 1.165) is 25.7 Å². The van der Waals surface area contributed by atoms with Gasteiger partial charge in [0.25, 0.3) is 0 Å². The van der Waals surface area contributed by atoms with Crippen molar-refractivity contribution < 1.29 is 30.0 Å². The highest BCUT2D eigenvalue weighted by molar-refractivity contribution is 5.70. The normalized spacial score (nSPS) is 48.1. The number of fused-ring (bicyclic) bond motifs is 5. The second-order valence-electron chi connectivity index (χ2n) is 13.3. The van der Waals surface area contributed by atoms with E-state index in [1.807, 2.05) is 6.92 Å². The predicted octanol–water partition coefficient (Wildman–Crippen LogP) is 3.53. The van der Waals surface area contributed by atoms with Gasteiger partial charge in [0, 0.05) is 18.3 Å². The Morgan fingerprint density at radius 2 is 1.56 bits per heavy atom. The number of esters is 1. The lowest BCUT2D eigenvalue weighted by Gasteiger charge is -2.56. The molecule has 0 aromatic heterocycles. The molecule has 4 fully saturated rings. The topological polar surface area (TPSA) is 107 Å². The van der Waals surface area contributed by atoms with Gasteiger partial charge in [-0.25, -0.2) is 0 Å². The number of aliphatic hydroxyl groups is 4. The first-order chi connectivity index (χ1) is 15.8. The van der Waals surface area contributed by atoms with Crippen molar-refractivity contribution in [2.75, 3.05) is 0 Å². The third kappa shape index (κ3) is 4.14. The summed E-state index contributed by atoms with van der Waals surface area (Å²) < 4.78 is 5.92. The number of hydrogen-bond donors (Lipinski definition) is 4. The number of carbonyl (C=O) groups excluding carboxylic acids is 1. The van der Waals surface area contributed by atoms with Crippen LogP contribution >= 0.6 is 0 Å². The second kappa shape index (κ2) is 9.32. The van der Waals surface area contributed by atoms with Crippen LogP contribution in [0.4, 0.5) is 0 Å². The molecular formula is C28H48O6. The van der Waals surface area contributed by atoms with Crippen LogP contribution in [0.3, 0.4) is 0 Å². The summed E-state index contributed by atoms with van der Waals surface area (Å²) in [5, 5.41) is 42.9. The largest absolute Gasteiger partial charge is 0.462 e. The van der Waals surface area contributed by atoms with Gasteiger partial charge in [-0.1, -0.05) is 41.5 Å². The van der Waals surface area contributed by atoms with Crippen LogP contribution in [0.5, 0.6) is 0 Å². The summed E-state index contributed by atoms with van der Waals surface area (Å²) in [5.41, 5.74) is -0.325. The Labute approximate surface area is 205 Å². The van der Waals surface area contributed by atoms with Gasteiger partial charge in [-0.15, -0.1) is 0 Å². The first-order valence-electron chi connectivity index (χ1n) is 13.7. The van der Waals surface area contributed by atoms with Crippen molar-refractivity contribution >= 4 is 5.97 Å². The van der Waals surface area contributed by atoms with Crippen LogP contribution in [0.1, 0.15) is 86.5 Å². The summed E-state index contributed by atoms with van der Waals surface area (Å²) in [7, 11) is 0. The highest BCUT2D eigenvalue weighted by atomic mass is 16.5. The lowest BCUT2D eigenvalue weighted by atomic mass is 9.49. The van der Waals surface area contributed by atoms with Crippen LogP contribution in [0.15, 0.2) is 0 Å². The lowest BCUT2D eigenvalue weighted by molar-refractivity contribution is -0.175. The molecule has 0 bridgehead atoms.